The van der Waals surface area contributed by atoms with Crippen LogP contribution in [0.15, 0.2) is 78.9 Å². The van der Waals surface area contributed by atoms with Crippen molar-refractivity contribution in [3.8, 4) is 11.5 Å². The zero-order valence-corrected chi connectivity index (χ0v) is 24.1. The molecular weight excluding hydrogens is 497 g/mol. The van der Waals surface area contributed by atoms with Gasteiger partial charge in [-0.3, -0.25) is 0 Å². The highest BCUT2D eigenvalue weighted by molar-refractivity contribution is 7.55. The predicted molar refractivity (Wildman–Crippen MR) is 153 cm³/mol. The van der Waals surface area contributed by atoms with Crippen LogP contribution >= 0.6 is 7.60 Å². The molecule has 0 fully saturated rings. The summed E-state index contributed by atoms with van der Waals surface area (Å²) < 4.78 is 32.2. The lowest BCUT2D eigenvalue weighted by Gasteiger charge is -2.29. The second kappa shape index (κ2) is 13.5. The van der Waals surface area contributed by atoms with Crippen LogP contribution in [0.4, 0.5) is 4.79 Å². The van der Waals surface area contributed by atoms with Gasteiger partial charge in [-0.05, 0) is 65.1 Å². The van der Waals surface area contributed by atoms with E-state index in [1.54, 1.807) is 24.3 Å². The topological polar surface area (TPSA) is 73.9 Å². The maximum absolute atomic E-state index is 14.5. The second-order valence-electron chi connectivity index (χ2n) is 10.5. The van der Waals surface area contributed by atoms with Crippen molar-refractivity contribution in [1.29, 1.82) is 0 Å². The van der Waals surface area contributed by atoms with Crippen molar-refractivity contribution in [3.63, 3.8) is 0 Å². The van der Waals surface area contributed by atoms with Crippen LogP contribution in [0, 0.1) is 5.92 Å². The highest BCUT2D eigenvalue weighted by Gasteiger charge is 2.41. The Morgan fingerprint density at radius 3 is 1.63 bits per heavy atom. The fourth-order valence-electron chi connectivity index (χ4n) is 3.88. The van der Waals surface area contributed by atoms with Crippen molar-refractivity contribution in [2.45, 2.75) is 72.2 Å². The summed E-state index contributed by atoms with van der Waals surface area (Å²) in [4.78, 5) is 12.8. The van der Waals surface area contributed by atoms with E-state index in [0.717, 1.165) is 16.7 Å². The average Bonchev–Trinajstić information content (AvgIpc) is 2.88. The summed E-state index contributed by atoms with van der Waals surface area (Å²) in [6, 6.07) is 24.3. The summed E-state index contributed by atoms with van der Waals surface area (Å²) in [5.41, 5.74) is 3.13. The third kappa shape index (κ3) is 8.66. The van der Waals surface area contributed by atoms with E-state index in [4.69, 9.17) is 13.8 Å². The number of carbonyl (C=O) groups excluding carboxylic acids is 1. The molecule has 0 saturated carbocycles. The lowest BCUT2D eigenvalue weighted by Crippen LogP contribution is -2.38. The minimum absolute atomic E-state index is 0.0976. The predicted octanol–water partition coefficient (Wildman–Crippen LogP) is 8.88. The van der Waals surface area contributed by atoms with E-state index < -0.39 is 19.5 Å². The van der Waals surface area contributed by atoms with Gasteiger partial charge in [0.15, 0.2) is 5.78 Å². The molecule has 1 N–H and O–H groups in total. The monoisotopic (exact) mass is 537 g/mol. The number of amides is 1. The van der Waals surface area contributed by atoms with Crippen LogP contribution in [-0.2, 0) is 15.9 Å². The third-order valence-corrected chi connectivity index (χ3v) is 8.17. The SMILES string of the molecule is CC(C)C[C@@H](NC(=O)OCc1ccccc1)P(=O)(Oc1ccc(C(C)C)cc1)Oc1ccc(C(C)C)cc1. The molecule has 3 aromatic carbocycles. The van der Waals surface area contributed by atoms with Gasteiger partial charge < -0.3 is 19.1 Å². The molecule has 38 heavy (non-hydrogen) atoms. The molecule has 0 bridgehead atoms. The lowest BCUT2D eigenvalue weighted by molar-refractivity contribution is 0.136. The van der Waals surface area contributed by atoms with E-state index in [9.17, 15) is 9.36 Å². The fourth-order valence-corrected chi connectivity index (χ4v) is 5.95. The number of ether oxygens (including phenoxy) is 1. The van der Waals surface area contributed by atoms with Gasteiger partial charge in [0.05, 0.1) is 0 Å². The molecule has 6 nitrogen and oxygen atoms in total. The molecule has 1 amide bonds. The van der Waals surface area contributed by atoms with Crippen LogP contribution < -0.4 is 14.4 Å². The standard InChI is InChI=1S/C31H40NO5P/c1-22(2)20-30(32-31(33)35-21-25-10-8-7-9-11-25)38(34,36-28-16-12-26(13-17-28)23(3)4)37-29-18-14-27(15-19-29)24(5)6/h7-19,22-24,30H,20-21H2,1-6H3,(H,32,33)/t30-/m0/s1. The van der Waals surface area contributed by atoms with Crippen LogP contribution in [0.2, 0.25) is 0 Å². The first-order chi connectivity index (χ1) is 18.1. The number of rotatable bonds is 12. The first-order valence-electron chi connectivity index (χ1n) is 13.2. The van der Waals surface area contributed by atoms with Crippen LogP contribution in [0.25, 0.3) is 0 Å². The van der Waals surface area contributed by atoms with E-state index in [1.165, 1.54) is 0 Å². The van der Waals surface area contributed by atoms with Gasteiger partial charge in [-0.25, -0.2) is 9.36 Å². The van der Waals surface area contributed by atoms with Gasteiger partial charge in [-0.15, -0.1) is 0 Å². The Kier molecular flexibility index (Phi) is 10.4. The molecule has 0 unspecified atom stereocenters. The average molecular weight is 538 g/mol. The van der Waals surface area contributed by atoms with Crippen molar-refractivity contribution in [2.75, 3.05) is 0 Å². The molecular formula is C31H40NO5P. The number of alkyl carbamates (subject to hydrolysis) is 1. The Labute approximate surface area is 227 Å². The van der Waals surface area contributed by atoms with Crippen molar-refractivity contribution in [3.05, 3.63) is 95.6 Å². The molecule has 0 saturated heterocycles. The normalized spacial score (nSPS) is 12.4. The van der Waals surface area contributed by atoms with Crippen molar-refractivity contribution in [2.24, 2.45) is 5.92 Å². The van der Waals surface area contributed by atoms with Gasteiger partial charge >= 0.3 is 13.7 Å². The van der Waals surface area contributed by atoms with Crippen LogP contribution in [0.5, 0.6) is 11.5 Å². The van der Waals surface area contributed by atoms with Gasteiger partial charge in [0.25, 0.3) is 0 Å². The summed E-state index contributed by atoms with van der Waals surface area (Å²) >= 11 is 0. The summed E-state index contributed by atoms with van der Waals surface area (Å²) in [7, 11) is -3.97. The molecule has 0 spiro atoms. The number of benzene rings is 3. The van der Waals surface area contributed by atoms with E-state index in [0.29, 0.717) is 29.8 Å². The molecule has 0 aliphatic carbocycles. The first-order valence-corrected chi connectivity index (χ1v) is 14.8. The molecule has 0 heterocycles. The minimum atomic E-state index is -3.97. The number of hydrogen-bond donors (Lipinski definition) is 1. The maximum Gasteiger partial charge on any atom is 0.453 e. The maximum atomic E-state index is 14.5. The minimum Gasteiger partial charge on any atom is -0.445 e. The molecule has 1 atom stereocenters. The van der Waals surface area contributed by atoms with Crippen molar-refractivity contribution in [1.82, 2.24) is 5.32 Å². The largest absolute Gasteiger partial charge is 0.453 e. The van der Waals surface area contributed by atoms with E-state index in [1.807, 2.05) is 68.4 Å². The molecule has 0 aliphatic rings. The van der Waals surface area contributed by atoms with Gasteiger partial charge in [0.1, 0.15) is 18.1 Å². The van der Waals surface area contributed by atoms with Crippen molar-refractivity contribution >= 4 is 13.7 Å². The highest BCUT2D eigenvalue weighted by atomic mass is 31.2. The Morgan fingerprint density at radius 2 is 1.21 bits per heavy atom. The van der Waals surface area contributed by atoms with E-state index >= 15 is 0 Å². The van der Waals surface area contributed by atoms with Gasteiger partial charge in [0, 0.05) is 0 Å². The summed E-state index contributed by atoms with van der Waals surface area (Å²) in [6.07, 6.45) is -0.316. The Bertz CT molecular complexity index is 1130. The third-order valence-electron chi connectivity index (χ3n) is 6.13. The fraction of sp³-hybridized carbons (Fsp3) is 0.387. The lowest BCUT2D eigenvalue weighted by atomic mass is 10.0. The zero-order valence-electron chi connectivity index (χ0n) is 23.2. The number of carbonyl (C=O) groups is 1. The molecule has 0 aromatic heterocycles. The quantitative estimate of drug-likeness (QED) is 0.234. The summed E-state index contributed by atoms with van der Waals surface area (Å²) in [5, 5.41) is 2.78. The molecule has 7 heteroatoms. The Morgan fingerprint density at radius 1 is 0.737 bits per heavy atom. The second-order valence-corrected chi connectivity index (χ2v) is 12.6. The molecule has 3 rings (SSSR count). The summed E-state index contributed by atoms with van der Waals surface area (Å²) in [5.74, 6) is 0.680. The first kappa shape index (κ1) is 29.3. The number of nitrogens with one attached hydrogen (secondary N) is 1. The molecule has 204 valence electrons. The van der Waals surface area contributed by atoms with E-state index in [-0.39, 0.29) is 12.5 Å². The van der Waals surface area contributed by atoms with Crippen molar-refractivity contribution < 1.29 is 23.1 Å². The highest BCUT2D eigenvalue weighted by Crippen LogP contribution is 2.54. The molecule has 3 aromatic rings. The number of hydrogen-bond acceptors (Lipinski definition) is 5. The molecule has 0 radical (unpaired) electrons. The Balaban J connectivity index is 1.88. The Hall–Kier alpha value is -3.24. The molecule has 0 aliphatic heterocycles. The van der Waals surface area contributed by atoms with Gasteiger partial charge in [-0.2, -0.15) is 0 Å². The van der Waals surface area contributed by atoms with E-state index in [2.05, 4.69) is 33.0 Å². The smallest absolute Gasteiger partial charge is 0.445 e. The van der Waals surface area contributed by atoms with Crippen LogP contribution in [-0.4, -0.2) is 11.9 Å². The summed E-state index contributed by atoms with van der Waals surface area (Å²) in [6.45, 7) is 12.5. The van der Waals surface area contributed by atoms with Crippen LogP contribution in [0.3, 0.4) is 0 Å². The van der Waals surface area contributed by atoms with Gasteiger partial charge in [-0.1, -0.05) is 96.1 Å². The van der Waals surface area contributed by atoms with Gasteiger partial charge in [0.2, 0.25) is 0 Å². The van der Waals surface area contributed by atoms with Crippen LogP contribution in [0.1, 0.15) is 76.5 Å². The zero-order chi connectivity index (χ0) is 27.7.